The van der Waals surface area contributed by atoms with Crippen LogP contribution in [0.1, 0.15) is 133 Å². The van der Waals surface area contributed by atoms with Crippen LogP contribution in [0, 0.1) is 0 Å². The number of benzene rings is 4. The van der Waals surface area contributed by atoms with Crippen molar-refractivity contribution in [2.75, 3.05) is 0 Å². The van der Waals surface area contributed by atoms with E-state index in [9.17, 15) is 0 Å². The molecule has 0 unspecified atom stereocenters. The molecule has 0 saturated carbocycles. The van der Waals surface area contributed by atoms with E-state index in [0.717, 1.165) is 45.3 Å². The summed E-state index contributed by atoms with van der Waals surface area (Å²) >= 11 is 0. The molecule has 58 heavy (non-hydrogen) atoms. The number of rotatable bonds is 16. The van der Waals surface area contributed by atoms with Gasteiger partial charge in [0, 0.05) is 86.9 Å². The molecule has 0 fully saturated rings. The Hall–Kier alpha value is -0.933. The maximum atomic E-state index is 2.39. The summed E-state index contributed by atoms with van der Waals surface area (Å²) in [6.45, 7) is 38.3. The van der Waals surface area contributed by atoms with Crippen molar-refractivity contribution in [3.8, 4) is 0 Å². The predicted molar refractivity (Wildman–Crippen MR) is 277 cm³/mol. The van der Waals surface area contributed by atoms with Gasteiger partial charge in [0.05, 0.1) is 66.5 Å². The van der Waals surface area contributed by atoms with E-state index in [0.29, 0.717) is 0 Å². The van der Waals surface area contributed by atoms with Gasteiger partial charge in [0.2, 0.25) is 0 Å². The van der Waals surface area contributed by atoms with Crippen LogP contribution in [-0.4, -0.2) is 45.3 Å². The van der Waals surface area contributed by atoms with Gasteiger partial charge in [-0.1, -0.05) is 97.1 Å². The van der Waals surface area contributed by atoms with E-state index in [1.807, 2.05) is 0 Å². The van der Waals surface area contributed by atoms with E-state index in [-0.39, 0.29) is 33.0 Å². The zero-order chi connectivity index (χ0) is 41.7. The van der Waals surface area contributed by atoms with E-state index in [4.69, 9.17) is 0 Å². The first-order valence-electron chi connectivity index (χ1n) is 21.7. The quantitative estimate of drug-likeness (QED) is 0.0596. The molecule has 0 aliphatic carbocycles. The van der Waals surface area contributed by atoms with E-state index in [2.05, 4.69) is 232 Å². The molecule has 0 N–H and O–H groups in total. The van der Waals surface area contributed by atoms with Crippen LogP contribution in [0.4, 0.5) is 0 Å². The van der Waals surface area contributed by atoms with Gasteiger partial charge in [-0.25, -0.2) is 0 Å². The number of hydrogen-bond donors (Lipinski definition) is 0. The molecule has 4 rings (SSSR count). The molecule has 4 aromatic rings. The first-order valence-corrected chi connectivity index (χ1v) is 28.3. The standard InChI is InChI=1S/2C26H38P2.2Ni/c2*1-19(2)27(20(3)4)25-15-11-9-13-23(25)17-18-24-14-10-12-16-26(24)28(21(5)6)22(7)8;;/h2*9-22H,1-8H3;;/p+4/b2*18-17+;;. The summed E-state index contributed by atoms with van der Waals surface area (Å²) in [7, 11) is -2.35. The Morgan fingerprint density at radius 1 is 0.259 bits per heavy atom. The summed E-state index contributed by atoms with van der Waals surface area (Å²) in [5.41, 5.74) is 11.6. The Morgan fingerprint density at radius 3 is 0.534 bits per heavy atom. The maximum Gasteiger partial charge on any atom is 0.0991 e. The SMILES string of the molecule is CC(C)[PH+](c1ccccc1/C=C/c1ccccc1[PH+](C(C)C)C(C)C)C(C)C.CC(C)[PH+](c1ccccc1/C=C/c1ccccc1[PH+](C(C)C)C(C)C)C(C)C.[Ni].[Ni]. The summed E-state index contributed by atoms with van der Waals surface area (Å²) in [5, 5.41) is 6.35. The molecule has 0 radical (unpaired) electrons. The van der Waals surface area contributed by atoms with Gasteiger partial charge in [-0.05, 0) is 135 Å². The molecule has 0 amide bonds. The Balaban J connectivity index is 0.000000561. The summed E-state index contributed by atoms with van der Waals surface area (Å²) in [6, 6.07) is 36.3. The third-order valence-corrected chi connectivity index (χ3v) is 25.2. The first kappa shape index (κ1) is 55.1. The Labute approximate surface area is 383 Å². The molecular formula is C52H80Ni2P4+4. The second kappa shape index (κ2) is 27.2. The van der Waals surface area contributed by atoms with E-state index in [1.165, 1.54) is 22.3 Å². The zero-order valence-electron chi connectivity index (χ0n) is 38.8. The van der Waals surface area contributed by atoms with Crippen molar-refractivity contribution in [3.05, 3.63) is 119 Å². The van der Waals surface area contributed by atoms with E-state index in [1.54, 1.807) is 21.2 Å². The van der Waals surface area contributed by atoms with Crippen molar-refractivity contribution in [3.63, 3.8) is 0 Å². The molecule has 0 heterocycles. The molecule has 4 aromatic carbocycles. The molecular weight excluding hydrogens is 866 g/mol. The minimum absolute atomic E-state index is 0. The molecule has 0 atom stereocenters. The summed E-state index contributed by atoms with van der Waals surface area (Å²) in [5.74, 6) is 0. The zero-order valence-corrected chi connectivity index (χ0v) is 44.8. The molecule has 6 heteroatoms. The molecule has 0 saturated heterocycles. The Morgan fingerprint density at radius 2 is 0.397 bits per heavy atom. The van der Waals surface area contributed by atoms with Crippen LogP contribution < -0.4 is 21.2 Å². The topological polar surface area (TPSA) is 0 Å². The summed E-state index contributed by atoms with van der Waals surface area (Å²) in [4.78, 5) is 0. The third kappa shape index (κ3) is 15.8. The maximum absolute atomic E-state index is 2.39. The normalized spacial score (nSPS) is 12.2. The minimum Gasteiger partial charge on any atom is -0.0614 e. The van der Waals surface area contributed by atoms with Crippen LogP contribution >= 0.6 is 31.7 Å². The number of hydrogen-bond acceptors (Lipinski definition) is 0. The molecule has 0 nitrogen and oxygen atoms in total. The van der Waals surface area contributed by atoms with Gasteiger partial charge in [0.15, 0.2) is 0 Å². The molecule has 0 spiro atoms. The van der Waals surface area contributed by atoms with Gasteiger partial charge in [-0.3, -0.25) is 0 Å². The van der Waals surface area contributed by atoms with Crippen LogP contribution in [0.15, 0.2) is 97.1 Å². The smallest absolute Gasteiger partial charge is 0.0614 e. The van der Waals surface area contributed by atoms with Crippen molar-refractivity contribution < 1.29 is 33.0 Å². The van der Waals surface area contributed by atoms with Gasteiger partial charge >= 0.3 is 0 Å². The molecule has 0 aliphatic rings. The minimum atomic E-state index is -0.587. The van der Waals surface area contributed by atoms with E-state index >= 15 is 0 Å². The van der Waals surface area contributed by atoms with Gasteiger partial charge < -0.3 is 0 Å². The summed E-state index contributed by atoms with van der Waals surface area (Å²) < 4.78 is 0. The monoisotopic (exact) mass is 944 g/mol. The van der Waals surface area contributed by atoms with Gasteiger partial charge in [-0.2, -0.15) is 0 Å². The molecule has 324 valence electrons. The average molecular weight is 946 g/mol. The second-order valence-electron chi connectivity index (χ2n) is 18.1. The van der Waals surface area contributed by atoms with Crippen LogP contribution in [0.5, 0.6) is 0 Å². The molecule has 0 aromatic heterocycles. The van der Waals surface area contributed by atoms with E-state index < -0.39 is 31.7 Å². The average Bonchev–Trinajstić information content (AvgIpc) is 3.11. The summed E-state index contributed by atoms with van der Waals surface area (Å²) in [6.07, 6.45) is 9.51. The van der Waals surface area contributed by atoms with Crippen LogP contribution in [0.3, 0.4) is 0 Å². The van der Waals surface area contributed by atoms with Gasteiger partial charge in [0.1, 0.15) is 0 Å². The van der Waals surface area contributed by atoms with Crippen molar-refractivity contribution in [1.82, 2.24) is 0 Å². The van der Waals surface area contributed by atoms with Gasteiger partial charge in [-0.15, -0.1) is 0 Å². The predicted octanol–water partition coefficient (Wildman–Crippen LogP) is 14.3. The fraction of sp³-hybridized carbons (Fsp3) is 0.462. The van der Waals surface area contributed by atoms with Crippen molar-refractivity contribution in [1.29, 1.82) is 0 Å². The van der Waals surface area contributed by atoms with Crippen molar-refractivity contribution in [2.24, 2.45) is 0 Å². The molecule has 0 bridgehead atoms. The van der Waals surface area contributed by atoms with Crippen molar-refractivity contribution >= 4 is 77.2 Å². The first-order chi connectivity index (χ1) is 26.5. The fourth-order valence-corrected chi connectivity index (χ4v) is 22.6. The van der Waals surface area contributed by atoms with Crippen LogP contribution in [0.25, 0.3) is 24.3 Å². The fourth-order valence-electron chi connectivity index (χ4n) is 9.13. The second-order valence-corrected chi connectivity index (χ2v) is 33.1. The molecule has 0 aliphatic heterocycles. The Kier molecular flexibility index (Phi) is 25.8. The van der Waals surface area contributed by atoms with Crippen molar-refractivity contribution in [2.45, 2.75) is 156 Å². The Bertz CT molecular complexity index is 1530. The van der Waals surface area contributed by atoms with Crippen LogP contribution in [-0.2, 0) is 33.0 Å². The largest absolute Gasteiger partial charge is 0.0991 e. The van der Waals surface area contributed by atoms with Gasteiger partial charge in [0.25, 0.3) is 0 Å². The van der Waals surface area contributed by atoms with Crippen LogP contribution in [0.2, 0.25) is 0 Å². The third-order valence-electron chi connectivity index (χ3n) is 10.9.